The van der Waals surface area contributed by atoms with Crippen LogP contribution in [0.5, 0.6) is 5.75 Å². The van der Waals surface area contributed by atoms with Crippen LogP contribution in [0.4, 0.5) is 22.0 Å². The number of ether oxygens (including phenoxy) is 1. The molecule has 0 aliphatic heterocycles. The first kappa shape index (κ1) is 21.0. The fraction of sp³-hybridized carbons (Fsp3) is 0.273. The van der Waals surface area contributed by atoms with E-state index in [-0.39, 0.29) is 5.75 Å². The predicted molar refractivity (Wildman–Crippen MR) is 102 cm³/mol. The van der Waals surface area contributed by atoms with Gasteiger partial charge in [-0.05, 0) is 47.0 Å². The van der Waals surface area contributed by atoms with Crippen molar-refractivity contribution >= 4 is 10.8 Å². The minimum atomic E-state index is -5.63. The van der Waals surface area contributed by atoms with Crippen LogP contribution in [0.1, 0.15) is 11.1 Å². The molecule has 0 amide bonds. The Balaban J connectivity index is 1.52. The third kappa shape index (κ3) is 5.44. The summed E-state index contributed by atoms with van der Waals surface area (Å²) in [5.41, 5.74) is 1.94. The van der Waals surface area contributed by atoms with Crippen molar-refractivity contribution in [1.29, 1.82) is 0 Å². The van der Waals surface area contributed by atoms with E-state index in [2.05, 4.69) is 34.3 Å². The number of halogens is 5. The number of hydrogen-bond donors (Lipinski definition) is 1. The van der Waals surface area contributed by atoms with Crippen molar-refractivity contribution in [3.63, 3.8) is 0 Å². The third-order valence-electron chi connectivity index (χ3n) is 4.51. The summed E-state index contributed by atoms with van der Waals surface area (Å²) in [7, 11) is 0. The highest BCUT2D eigenvalue weighted by Crippen LogP contribution is 2.35. The molecule has 7 heteroatoms. The second kappa shape index (κ2) is 8.78. The van der Waals surface area contributed by atoms with Gasteiger partial charge in [0, 0.05) is 6.54 Å². The summed E-state index contributed by atoms with van der Waals surface area (Å²) in [6.07, 6.45) is -4.83. The van der Waals surface area contributed by atoms with Gasteiger partial charge in [0.25, 0.3) is 0 Å². The van der Waals surface area contributed by atoms with E-state index in [0.717, 1.165) is 12.0 Å². The Morgan fingerprint density at radius 1 is 0.828 bits per heavy atom. The number of hydrogen-bond acceptors (Lipinski definition) is 2. The summed E-state index contributed by atoms with van der Waals surface area (Å²) in [5, 5.41) is 5.62. The van der Waals surface area contributed by atoms with Crippen molar-refractivity contribution in [2.45, 2.75) is 25.1 Å². The van der Waals surface area contributed by atoms with Gasteiger partial charge >= 0.3 is 12.1 Å². The van der Waals surface area contributed by atoms with Gasteiger partial charge in [-0.2, -0.15) is 22.0 Å². The smallest absolute Gasteiger partial charge is 0.456 e. The zero-order chi connectivity index (χ0) is 20.9. The topological polar surface area (TPSA) is 21.3 Å². The van der Waals surface area contributed by atoms with Gasteiger partial charge in [0.1, 0.15) is 5.75 Å². The number of fused-ring (bicyclic) bond motifs is 1. The molecule has 3 aromatic rings. The lowest BCUT2D eigenvalue weighted by Gasteiger charge is -2.20. The first-order valence-electron chi connectivity index (χ1n) is 9.10. The maximum absolute atomic E-state index is 13.0. The second-order valence-electron chi connectivity index (χ2n) is 6.70. The highest BCUT2D eigenvalue weighted by molar-refractivity contribution is 5.85. The number of rotatable bonds is 8. The SMILES string of the molecule is FC(F)(F)C(F)(F)COc1cccc(CNCCc2cccc3ccccc23)c1. The van der Waals surface area contributed by atoms with Crippen LogP contribution in [0.25, 0.3) is 10.8 Å². The van der Waals surface area contributed by atoms with Gasteiger partial charge in [-0.3, -0.25) is 0 Å². The van der Waals surface area contributed by atoms with Crippen LogP contribution in [0.15, 0.2) is 66.7 Å². The fourth-order valence-electron chi connectivity index (χ4n) is 2.97. The third-order valence-corrected chi connectivity index (χ3v) is 4.51. The van der Waals surface area contributed by atoms with Gasteiger partial charge in [0.15, 0.2) is 6.61 Å². The Morgan fingerprint density at radius 2 is 1.55 bits per heavy atom. The molecule has 0 atom stereocenters. The van der Waals surface area contributed by atoms with Crippen molar-refractivity contribution in [3.05, 3.63) is 77.9 Å². The Labute approximate surface area is 165 Å². The lowest BCUT2D eigenvalue weighted by Crippen LogP contribution is -2.41. The van der Waals surface area contributed by atoms with Crippen LogP contribution in [0, 0.1) is 0 Å². The molecule has 0 heterocycles. The molecule has 0 fully saturated rings. The van der Waals surface area contributed by atoms with E-state index < -0.39 is 18.7 Å². The molecule has 3 aromatic carbocycles. The first-order chi connectivity index (χ1) is 13.8. The highest BCUT2D eigenvalue weighted by atomic mass is 19.4. The molecule has 0 saturated carbocycles. The quantitative estimate of drug-likeness (QED) is 0.378. The molecule has 0 aromatic heterocycles. The zero-order valence-electron chi connectivity index (χ0n) is 15.5. The van der Waals surface area contributed by atoms with Crippen molar-refractivity contribution in [2.24, 2.45) is 0 Å². The minimum absolute atomic E-state index is 0.0257. The predicted octanol–water partition coefficient (Wildman–Crippen LogP) is 5.75. The summed E-state index contributed by atoms with van der Waals surface area (Å²) in [6, 6.07) is 20.4. The van der Waals surface area contributed by atoms with E-state index in [9.17, 15) is 22.0 Å². The van der Waals surface area contributed by atoms with Crippen LogP contribution in [-0.2, 0) is 13.0 Å². The monoisotopic (exact) mass is 409 g/mol. The average Bonchev–Trinajstić information content (AvgIpc) is 2.69. The molecular weight excluding hydrogens is 389 g/mol. The van der Waals surface area contributed by atoms with E-state index in [0.29, 0.717) is 13.1 Å². The largest absolute Gasteiger partial charge is 0.487 e. The van der Waals surface area contributed by atoms with Crippen molar-refractivity contribution in [1.82, 2.24) is 5.32 Å². The van der Waals surface area contributed by atoms with Gasteiger partial charge in [-0.25, -0.2) is 0 Å². The zero-order valence-corrected chi connectivity index (χ0v) is 15.5. The summed E-state index contributed by atoms with van der Waals surface area (Å²) < 4.78 is 67.3. The summed E-state index contributed by atoms with van der Waals surface area (Å²) in [4.78, 5) is 0. The molecule has 154 valence electrons. The van der Waals surface area contributed by atoms with E-state index >= 15 is 0 Å². The van der Waals surface area contributed by atoms with Crippen LogP contribution in [0.3, 0.4) is 0 Å². The molecule has 2 nitrogen and oxygen atoms in total. The molecule has 0 aliphatic rings. The molecule has 1 N–H and O–H groups in total. The van der Waals surface area contributed by atoms with E-state index in [1.165, 1.54) is 28.5 Å². The van der Waals surface area contributed by atoms with Crippen LogP contribution in [-0.4, -0.2) is 25.3 Å². The summed E-state index contributed by atoms with van der Waals surface area (Å²) in [5.74, 6) is -4.91. The first-order valence-corrected chi connectivity index (χ1v) is 9.10. The molecule has 3 rings (SSSR count). The Kier molecular flexibility index (Phi) is 6.37. The molecule has 0 aliphatic carbocycles. The minimum Gasteiger partial charge on any atom is -0.487 e. The van der Waals surface area contributed by atoms with E-state index in [1.54, 1.807) is 12.1 Å². The van der Waals surface area contributed by atoms with Gasteiger partial charge in [0.2, 0.25) is 0 Å². The van der Waals surface area contributed by atoms with Crippen molar-refractivity contribution in [3.8, 4) is 5.75 Å². The molecule has 0 radical (unpaired) electrons. The summed E-state index contributed by atoms with van der Waals surface area (Å²) >= 11 is 0. The van der Waals surface area contributed by atoms with Gasteiger partial charge in [-0.15, -0.1) is 0 Å². The van der Waals surface area contributed by atoms with Crippen LogP contribution >= 0.6 is 0 Å². The number of alkyl halides is 5. The Hall–Kier alpha value is -2.67. The van der Waals surface area contributed by atoms with Crippen LogP contribution in [0.2, 0.25) is 0 Å². The number of nitrogens with one attached hydrogen (secondary N) is 1. The standard InChI is InChI=1S/C22H20F5NO/c23-21(24,22(25,26)27)15-29-19-9-3-5-16(13-19)14-28-12-11-18-8-4-7-17-6-1-2-10-20(17)18/h1-10,13,28H,11-12,14-15H2. The van der Waals surface area contributed by atoms with E-state index in [1.807, 2.05) is 18.2 Å². The molecule has 0 saturated heterocycles. The van der Waals surface area contributed by atoms with Crippen molar-refractivity contribution < 1.29 is 26.7 Å². The lowest BCUT2D eigenvalue weighted by atomic mass is 10.0. The Bertz CT molecular complexity index is 950. The molecule has 0 bridgehead atoms. The maximum atomic E-state index is 13.0. The lowest BCUT2D eigenvalue weighted by molar-refractivity contribution is -0.290. The van der Waals surface area contributed by atoms with Crippen LogP contribution < -0.4 is 10.1 Å². The van der Waals surface area contributed by atoms with Crippen molar-refractivity contribution in [2.75, 3.05) is 13.2 Å². The molecule has 29 heavy (non-hydrogen) atoms. The average molecular weight is 409 g/mol. The molecule has 0 spiro atoms. The maximum Gasteiger partial charge on any atom is 0.456 e. The van der Waals surface area contributed by atoms with Gasteiger partial charge in [0.05, 0.1) is 0 Å². The highest BCUT2D eigenvalue weighted by Gasteiger charge is 2.58. The second-order valence-corrected chi connectivity index (χ2v) is 6.70. The normalized spacial score (nSPS) is 12.3. The van der Waals surface area contributed by atoms with Gasteiger partial charge in [-0.1, -0.05) is 54.6 Å². The molecular formula is C22H20F5NO. The summed E-state index contributed by atoms with van der Waals surface area (Å²) in [6.45, 7) is -0.614. The van der Waals surface area contributed by atoms with Gasteiger partial charge < -0.3 is 10.1 Å². The molecule has 0 unspecified atom stereocenters. The van der Waals surface area contributed by atoms with E-state index in [4.69, 9.17) is 0 Å². The fourth-order valence-corrected chi connectivity index (χ4v) is 2.97. The Morgan fingerprint density at radius 3 is 2.34 bits per heavy atom. The number of benzene rings is 3.